The molecule has 0 aromatic rings. The largest absolute Gasteiger partial charge is 0.298 e. The maximum absolute atomic E-state index is 14.3. The average Bonchev–Trinajstić information content (AvgIpc) is 2.45. The van der Waals surface area contributed by atoms with E-state index >= 15 is 0 Å². The molecule has 2 heterocycles. The second-order valence-electron chi connectivity index (χ2n) is 6.26. The van der Waals surface area contributed by atoms with Crippen molar-refractivity contribution >= 4 is 0 Å². The van der Waals surface area contributed by atoms with Gasteiger partial charge in [0.2, 0.25) is 0 Å². The lowest BCUT2D eigenvalue weighted by atomic mass is 9.98. The number of alkyl halides is 2. The summed E-state index contributed by atoms with van der Waals surface area (Å²) < 4.78 is 28.6. The lowest BCUT2D eigenvalue weighted by Crippen LogP contribution is -2.62. The van der Waals surface area contributed by atoms with Crippen molar-refractivity contribution in [3.8, 4) is 0 Å². The van der Waals surface area contributed by atoms with E-state index in [-0.39, 0.29) is 6.54 Å². The standard InChI is InChI=1S/C15H29F2N3/c1-4-13(3)19-8-10-20(11-9-19)14-6-7-18(5-2)12-15(14,16)17/h13-14H,4-12H2,1-3H3. The van der Waals surface area contributed by atoms with Gasteiger partial charge in [0, 0.05) is 38.8 Å². The highest BCUT2D eigenvalue weighted by atomic mass is 19.3. The van der Waals surface area contributed by atoms with Crippen LogP contribution in [0.5, 0.6) is 0 Å². The van der Waals surface area contributed by atoms with Crippen molar-refractivity contribution in [1.82, 2.24) is 14.7 Å². The quantitative estimate of drug-likeness (QED) is 0.785. The first kappa shape index (κ1) is 16.1. The smallest absolute Gasteiger partial charge is 0.275 e. The van der Waals surface area contributed by atoms with Crippen molar-refractivity contribution in [2.24, 2.45) is 0 Å². The number of rotatable bonds is 4. The molecule has 0 bridgehead atoms. The Hall–Kier alpha value is -0.260. The van der Waals surface area contributed by atoms with E-state index in [9.17, 15) is 8.78 Å². The van der Waals surface area contributed by atoms with Crippen molar-refractivity contribution in [3.63, 3.8) is 0 Å². The third-order valence-corrected chi connectivity index (χ3v) is 5.09. The van der Waals surface area contributed by atoms with Crippen molar-refractivity contribution in [2.45, 2.75) is 51.6 Å². The van der Waals surface area contributed by atoms with Crippen LogP contribution < -0.4 is 0 Å². The number of piperidine rings is 1. The van der Waals surface area contributed by atoms with E-state index < -0.39 is 12.0 Å². The second kappa shape index (κ2) is 6.67. The summed E-state index contributed by atoms with van der Waals surface area (Å²) >= 11 is 0. The molecule has 2 aliphatic rings. The Balaban J connectivity index is 1.90. The fourth-order valence-electron chi connectivity index (χ4n) is 3.47. The van der Waals surface area contributed by atoms with Gasteiger partial charge in [0.25, 0.3) is 5.92 Å². The van der Waals surface area contributed by atoms with Crippen LogP contribution in [0, 0.1) is 0 Å². The molecule has 0 spiro atoms. The number of piperazine rings is 1. The zero-order chi connectivity index (χ0) is 14.8. The lowest BCUT2D eigenvalue weighted by molar-refractivity contribution is -0.133. The van der Waals surface area contributed by atoms with Gasteiger partial charge in [0.15, 0.2) is 0 Å². The summed E-state index contributed by atoms with van der Waals surface area (Å²) in [7, 11) is 0. The molecule has 0 N–H and O–H groups in total. The first-order chi connectivity index (χ1) is 9.47. The summed E-state index contributed by atoms with van der Waals surface area (Å²) in [5, 5.41) is 0. The van der Waals surface area contributed by atoms with Gasteiger partial charge in [-0.3, -0.25) is 14.7 Å². The molecule has 0 amide bonds. The molecule has 0 aromatic heterocycles. The van der Waals surface area contributed by atoms with E-state index in [0.717, 1.165) is 45.7 Å². The van der Waals surface area contributed by atoms with Crippen LogP contribution in [0.3, 0.4) is 0 Å². The van der Waals surface area contributed by atoms with Gasteiger partial charge in [-0.2, -0.15) is 0 Å². The van der Waals surface area contributed by atoms with E-state index in [4.69, 9.17) is 0 Å². The van der Waals surface area contributed by atoms with Gasteiger partial charge >= 0.3 is 0 Å². The number of hydrogen-bond acceptors (Lipinski definition) is 3. The molecule has 2 saturated heterocycles. The summed E-state index contributed by atoms with van der Waals surface area (Å²) in [6.07, 6.45) is 1.73. The Morgan fingerprint density at radius 1 is 1.10 bits per heavy atom. The molecular weight excluding hydrogens is 260 g/mol. The fourth-order valence-corrected chi connectivity index (χ4v) is 3.47. The maximum Gasteiger partial charge on any atom is 0.275 e. The molecule has 0 aromatic carbocycles. The molecule has 2 unspecified atom stereocenters. The van der Waals surface area contributed by atoms with Crippen molar-refractivity contribution in [1.29, 1.82) is 0 Å². The Bertz CT molecular complexity index is 303. The number of hydrogen-bond donors (Lipinski definition) is 0. The molecule has 2 aliphatic heterocycles. The third-order valence-electron chi connectivity index (χ3n) is 5.09. The summed E-state index contributed by atoms with van der Waals surface area (Å²) in [4.78, 5) is 6.33. The van der Waals surface area contributed by atoms with Gasteiger partial charge in [-0.25, -0.2) is 8.78 Å². The minimum absolute atomic E-state index is 0.0697. The molecule has 118 valence electrons. The Morgan fingerprint density at radius 2 is 1.75 bits per heavy atom. The molecule has 5 heteroatoms. The van der Waals surface area contributed by atoms with Crippen LogP contribution in [-0.2, 0) is 0 Å². The molecule has 0 radical (unpaired) electrons. The zero-order valence-electron chi connectivity index (χ0n) is 13.1. The maximum atomic E-state index is 14.3. The molecule has 3 nitrogen and oxygen atoms in total. The van der Waals surface area contributed by atoms with E-state index in [0.29, 0.717) is 12.5 Å². The SMILES string of the molecule is CCC(C)N1CCN(C2CCN(CC)CC2(F)F)CC1. The first-order valence-corrected chi connectivity index (χ1v) is 8.06. The summed E-state index contributed by atoms with van der Waals surface area (Å²) in [6, 6.07) is 0.0176. The van der Waals surface area contributed by atoms with Crippen molar-refractivity contribution in [3.05, 3.63) is 0 Å². The van der Waals surface area contributed by atoms with Crippen LogP contribution in [0.1, 0.15) is 33.6 Å². The Morgan fingerprint density at radius 3 is 2.25 bits per heavy atom. The molecule has 2 rings (SSSR count). The molecular formula is C15H29F2N3. The Kier molecular flexibility index (Phi) is 5.37. The van der Waals surface area contributed by atoms with E-state index in [1.54, 1.807) is 0 Å². The molecule has 0 aliphatic carbocycles. The van der Waals surface area contributed by atoms with Gasteiger partial charge in [0.1, 0.15) is 0 Å². The second-order valence-corrected chi connectivity index (χ2v) is 6.26. The average molecular weight is 289 g/mol. The van der Waals surface area contributed by atoms with Crippen molar-refractivity contribution < 1.29 is 8.78 Å². The van der Waals surface area contributed by atoms with Crippen LogP contribution in [0.4, 0.5) is 8.78 Å². The van der Waals surface area contributed by atoms with Crippen LogP contribution >= 0.6 is 0 Å². The summed E-state index contributed by atoms with van der Waals surface area (Å²) in [6.45, 7) is 11.3. The van der Waals surface area contributed by atoms with Gasteiger partial charge in [-0.05, 0) is 26.3 Å². The minimum Gasteiger partial charge on any atom is -0.298 e. The fraction of sp³-hybridized carbons (Fsp3) is 1.00. The molecule has 2 fully saturated rings. The Labute approximate surface area is 121 Å². The normalized spacial score (nSPS) is 31.4. The van der Waals surface area contributed by atoms with Crippen LogP contribution in [-0.4, -0.2) is 78.5 Å². The van der Waals surface area contributed by atoms with Crippen LogP contribution in [0.25, 0.3) is 0 Å². The highest BCUT2D eigenvalue weighted by molar-refractivity contribution is 4.94. The molecule has 20 heavy (non-hydrogen) atoms. The van der Waals surface area contributed by atoms with Crippen LogP contribution in [0.2, 0.25) is 0 Å². The van der Waals surface area contributed by atoms with E-state index in [1.807, 2.05) is 16.7 Å². The van der Waals surface area contributed by atoms with Gasteiger partial charge in [-0.15, -0.1) is 0 Å². The number of halogens is 2. The highest BCUT2D eigenvalue weighted by Crippen LogP contribution is 2.31. The monoisotopic (exact) mass is 289 g/mol. The highest BCUT2D eigenvalue weighted by Gasteiger charge is 2.47. The lowest BCUT2D eigenvalue weighted by Gasteiger charge is -2.47. The van der Waals surface area contributed by atoms with Gasteiger partial charge in [0.05, 0.1) is 12.6 Å². The first-order valence-electron chi connectivity index (χ1n) is 8.06. The molecule has 2 atom stereocenters. The van der Waals surface area contributed by atoms with E-state index in [2.05, 4.69) is 18.7 Å². The zero-order valence-corrected chi connectivity index (χ0v) is 13.1. The predicted molar refractivity (Wildman–Crippen MR) is 78.4 cm³/mol. The molecule has 0 saturated carbocycles. The van der Waals surface area contributed by atoms with Gasteiger partial charge in [-0.1, -0.05) is 13.8 Å². The number of likely N-dealkylation sites (tertiary alicyclic amines) is 1. The predicted octanol–water partition coefficient (Wildman–Crippen LogP) is 2.13. The summed E-state index contributed by atoms with van der Waals surface area (Å²) in [5.74, 6) is -2.56. The van der Waals surface area contributed by atoms with Crippen LogP contribution in [0.15, 0.2) is 0 Å². The topological polar surface area (TPSA) is 9.72 Å². The van der Waals surface area contributed by atoms with Crippen molar-refractivity contribution in [2.75, 3.05) is 45.8 Å². The minimum atomic E-state index is -2.56. The number of nitrogens with zero attached hydrogens (tertiary/aromatic N) is 3. The third kappa shape index (κ3) is 3.49. The van der Waals surface area contributed by atoms with Gasteiger partial charge < -0.3 is 0 Å². The van der Waals surface area contributed by atoms with E-state index in [1.165, 1.54) is 0 Å². The summed E-state index contributed by atoms with van der Waals surface area (Å²) in [5.41, 5.74) is 0.